The van der Waals surface area contributed by atoms with Gasteiger partial charge in [-0.15, -0.1) is 0 Å². The predicted molar refractivity (Wildman–Crippen MR) is 82.1 cm³/mol. The molecule has 1 saturated carbocycles. The molecule has 0 heterocycles. The molecule has 1 aliphatic carbocycles. The van der Waals surface area contributed by atoms with Crippen LogP contribution < -0.4 is 0 Å². The smallest absolute Gasteiger partial charge is 0.309 e. The molecular formula is C17H30O4. The number of hydrogen-bond donors (Lipinski definition) is 2. The zero-order valence-corrected chi connectivity index (χ0v) is 13.6. The summed E-state index contributed by atoms with van der Waals surface area (Å²) in [6, 6.07) is 0. The van der Waals surface area contributed by atoms with Crippen LogP contribution in [0.15, 0.2) is 0 Å². The van der Waals surface area contributed by atoms with Gasteiger partial charge in [-0.25, -0.2) is 0 Å². The molecule has 4 atom stereocenters. The van der Waals surface area contributed by atoms with Crippen LogP contribution in [-0.4, -0.2) is 22.2 Å². The van der Waals surface area contributed by atoms with Crippen molar-refractivity contribution in [3.05, 3.63) is 0 Å². The number of carbonyl (C=O) groups is 2. The second-order valence-electron chi connectivity index (χ2n) is 6.82. The molecule has 0 aromatic heterocycles. The van der Waals surface area contributed by atoms with Crippen LogP contribution in [-0.2, 0) is 9.59 Å². The van der Waals surface area contributed by atoms with Crippen LogP contribution in [0.25, 0.3) is 0 Å². The highest BCUT2D eigenvalue weighted by molar-refractivity contribution is 5.78. The minimum atomic E-state index is -0.888. The molecule has 4 unspecified atom stereocenters. The predicted octanol–water partition coefficient (Wildman–Crippen LogP) is 4.18. The van der Waals surface area contributed by atoms with Crippen LogP contribution in [0.4, 0.5) is 0 Å². The minimum absolute atomic E-state index is 0.247. The fourth-order valence-corrected chi connectivity index (χ4v) is 3.85. The number of aliphatic carboxylic acids is 2. The van der Waals surface area contributed by atoms with E-state index < -0.39 is 23.3 Å². The molecule has 1 rings (SSSR count). The Morgan fingerprint density at radius 3 is 2.43 bits per heavy atom. The van der Waals surface area contributed by atoms with Gasteiger partial charge in [0.15, 0.2) is 0 Å². The van der Waals surface area contributed by atoms with Crippen molar-refractivity contribution in [1.82, 2.24) is 0 Å². The topological polar surface area (TPSA) is 74.6 Å². The summed E-state index contributed by atoms with van der Waals surface area (Å²) in [6.45, 7) is 6.02. The summed E-state index contributed by atoms with van der Waals surface area (Å²) in [5, 5.41) is 19.1. The van der Waals surface area contributed by atoms with Gasteiger partial charge in [0.05, 0.1) is 11.3 Å². The maximum Gasteiger partial charge on any atom is 0.309 e. The lowest BCUT2D eigenvalue weighted by atomic mass is 9.59. The number of rotatable bonds is 8. The lowest BCUT2D eigenvalue weighted by Crippen LogP contribution is -2.46. The Balaban J connectivity index is 2.95. The maximum absolute atomic E-state index is 11.7. The Morgan fingerprint density at radius 2 is 1.95 bits per heavy atom. The van der Waals surface area contributed by atoms with Crippen molar-refractivity contribution in [1.29, 1.82) is 0 Å². The third-order valence-corrected chi connectivity index (χ3v) is 5.45. The Labute approximate surface area is 127 Å². The molecule has 0 radical (unpaired) electrons. The van der Waals surface area contributed by atoms with Crippen molar-refractivity contribution < 1.29 is 19.8 Å². The molecule has 0 spiro atoms. The molecule has 122 valence electrons. The van der Waals surface area contributed by atoms with Crippen molar-refractivity contribution in [3.63, 3.8) is 0 Å². The average Bonchev–Trinajstić information content (AvgIpc) is 2.44. The summed E-state index contributed by atoms with van der Waals surface area (Å²) in [4.78, 5) is 23.3. The first-order valence-electron chi connectivity index (χ1n) is 8.33. The first-order chi connectivity index (χ1) is 9.86. The number of carboxylic acid groups (broad SMARTS) is 2. The van der Waals surface area contributed by atoms with Crippen LogP contribution in [0.3, 0.4) is 0 Å². The van der Waals surface area contributed by atoms with E-state index in [2.05, 4.69) is 13.8 Å². The zero-order chi connectivity index (χ0) is 16.0. The van der Waals surface area contributed by atoms with E-state index in [-0.39, 0.29) is 5.92 Å². The molecule has 0 saturated heterocycles. The van der Waals surface area contributed by atoms with Gasteiger partial charge in [0.25, 0.3) is 0 Å². The molecule has 4 heteroatoms. The normalized spacial score (nSPS) is 30.8. The molecule has 1 fully saturated rings. The second-order valence-corrected chi connectivity index (χ2v) is 6.82. The van der Waals surface area contributed by atoms with E-state index >= 15 is 0 Å². The fourth-order valence-electron chi connectivity index (χ4n) is 3.85. The second kappa shape index (κ2) is 7.81. The van der Waals surface area contributed by atoms with Gasteiger partial charge in [-0.05, 0) is 38.0 Å². The molecule has 21 heavy (non-hydrogen) atoms. The standard InChI is InChI=1S/C17H30O4/c1-4-6-8-12(5-2)11-14-13(15(18)19)9-7-10-17(14,3)16(20)21/h12-14H,4-11H2,1-3H3,(H,18,19)(H,20,21). The van der Waals surface area contributed by atoms with Gasteiger partial charge in [0.2, 0.25) is 0 Å². The van der Waals surface area contributed by atoms with E-state index in [1.54, 1.807) is 6.92 Å². The SMILES string of the molecule is CCCCC(CC)CC1C(C(=O)O)CCCC1(C)C(=O)O. The molecule has 0 amide bonds. The molecule has 4 nitrogen and oxygen atoms in total. The monoisotopic (exact) mass is 298 g/mol. The Hall–Kier alpha value is -1.06. The van der Waals surface area contributed by atoms with Gasteiger partial charge in [0.1, 0.15) is 0 Å². The van der Waals surface area contributed by atoms with Crippen LogP contribution in [0.5, 0.6) is 0 Å². The van der Waals surface area contributed by atoms with Crippen LogP contribution >= 0.6 is 0 Å². The largest absolute Gasteiger partial charge is 0.481 e. The van der Waals surface area contributed by atoms with Gasteiger partial charge in [-0.1, -0.05) is 46.0 Å². The van der Waals surface area contributed by atoms with E-state index in [1.165, 1.54) is 0 Å². The molecule has 0 aliphatic heterocycles. The highest BCUT2D eigenvalue weighted by Crippen LogP contribution is 2.48. The molecular weight excluding hydrogens is 268 g/mol. The quantitative estimate of drug-likeness (QED) is 0.704. The minimum Gasteiger partial charge on any atom is -0.481 e. The lowest BCUT2D eigenvalue weighted by Gasteiger charge is -2.43. The summed E-state index contributed by atoms with van der Waals surface area (Å²) in [6.07, 6.45) is 6.98. The van der Waals surface area contributed by atoms with Crippen molar-refractivity contribution in [2.45, 2.75) is 72.1 Å². The van der Waals surface area contributed by atoms with Gasteiger partial charge < -0.3 is 10.2 Å². The van der Waals surface area contributed by atoms with Crippen LogP contribution in [0, 0.1) is 23.2 Å². The van der Waals surface area contributed by atoms with Gasteiger partial charge >= 0.3 is 11.9 Å². The summed E-state index contributed by atoms with van der Waals surface area (Å²) in [5.41, 5.74) is -0.888. The number of hydrogen-bond acceptors (Lipinski definition) is 2. The third-order valence-electron chi connectivity index (χ3n) is 5.45. The first-order valence-corrected chi connectivity index (χ1v) is 8.33. The molecule has 0 aromatic carbocycles. The average molecular weight is 298 g/mol. The lowest BCUT2D eigenvalue weighted by molar-refractivity contribution is -0.162. The van der Waals surface area contributed by atoms with Gasteiger partial charge in [0, 0.05) is 0 Å². The first kappa shape index (κ1) is 18.0. The van der Waals surface area contributed by atoms with Crippen molar-refractivity contribution in [3.8, 4) is 0 Å². The van der Waals surface area contributed by atoms with E-state index in [0.29, 0.717) is 25.2 Å². The van der Waals surface area contributed by atoms with Gasteiger partial charge in [-0.2, -0.15) is 0 Å². The highest BCUT2D eigenvalue weighted by Gasteiger charge is 2.50. The van der Waals surface area contributed by atoms with Crippen molar-refractivity contribution >= 4 is 11.9 Å². The third kappa shape index (κ3) is 4.21. The molecule has 2 N–H and O–H groups in total. The summed E-state index contributed by atoms with van der Waals surface area (Å²) < 4.78 is 0. The summed E-state index contributed by atoms with van der Waals surface area (Å²) >= 11 is 0. The van der Waals surface area contributed by atoms with Gasteiger partial charge in [-0.3, -0.25) is 9.59 Å². The fraction of sp³-hybridized carbons (Fsp3) is 0.882. The van der Waals surface area contributed by atoms with Crippen molar-refractivity contribution in [2.24, 2.45) is 23.2 Å². The van der Waals surface area contributed by atoms with E-state index in [0.717, 1.165) is 32.1 Å². The Bertz CT molecular complexity index is 366. The Morgan fingerprint density at radius 1 is 1.29 bits per heavy atom. The zero-order valence-electron chi connectivity index (χ0n) is 13.6. The molecule has 0 aromatic rings. The Kier molecular flexibility index (Phi) is 6.69. The summed E-state index contributed by atoms with van der Waals surface area (Å²) in [7, 11) is 0. The van der Waals surface area contributed by atoms with Crippen molar-refractivity contribution in [2.75, 3.05) is 0 Å². The molecule has 0 bridgehead atoms. The van der Waals surface area contributed by atoms with Crippen LogP contribution in [0.2, 0.25) is 0 Å². The van der Waals surface area contributed by atoms with E-state index in [1.807, 2.05) is 0 Å². The molecule has 1 aliphatic rings. The highest BCUT2D eigenvalue weighted by atomic mass is 16.4. The summed E-state index contributed by atoms with van der Waals surface area (Å²) in [5.74, 6) is -1.96. The maximum atomic E-state index is 11.7. The van der Waals surface area contributed by atoms with Crippen LogP contribution in [0.1, 0.15) is 72.1 Å². The van der Waals surface area contributed by atoms with E-state index in [4.69, 9.17) is 0 Å². The number of unbranched alkanes of at least 4 members (excludes halogenated alkanes) is 1. The number of carboxylic acids is 2. The van der Waals surface area contributed by atoms with E-state index in [9.17, 15) is 19.8 Å².